The van der Waals surface area contributed by atoms with E-state index in [2.05, 4.69) is 4.98 Å². The first-order chi connectivity index (χ1) is 9.28. The molecule has 0 radical (unpaired) electrons. The molecule has 0 saturated heterocycles. The third-order valence-electron chi connectivity index (χ3n) is 2.82. The molecule has 0 atom stereocenters. The fourth-order valence-electron chi connectivity index (χ4n) is 1.95. The molecule has 0 amide bonds. The number of para-hydroxylation sites is 1. The number of nitrogens with one attached hydrogen (secondary N) is 1. The van der Waals surface area contributed by atoms with Crippen LogP contribution in [0.4, 0.5) is 0 Å². The molecule has 3 rings (SSSR count). The van der Waals surface area contributed by atoms with Crippen LogP contribution in [0, 0.1) is 0 Å². The van der Waals surface area contributed by atoms with E-state index in [1.54, 1.807) is 12.1 Å². The second-order valence-corrected chi connectivity index (χ2v) is 4.50. The third-order valence-corrected chi connectivity index (χ3v) is 3.11. The molecular weight excluding hydrogens is 262 g/mol. The van der Waals surface area contributed by atoms with Crippen LogP contribution in [0.5, 0.6) is 11.5 Å². The van der Waals surface area contributed by atoms with Crippen molar-refractivity contribution in [2.75, 3.05) is 0 Å². The van der Waals surface area contributed by atoms with Crippen LogP contribution in [0.2, 0.25) is 5.02 Å². The molecule has 94 valence electrons. The summed E-state index contributed by atoms with van der Waals surface area (Å²) >= 11 is 6.18. The molecule has 0 saturated carbocycles. The number of halogens is 1. The molecular formula is C15H10ClNO2. The van der Waals surface area contributed by atoms with E-state index < -0.39 is 0 Å². The Morgan fingerprint density at radius 2 is 1.89 bits per heavy atom. The molecule has 3 nitrogen and oxygen atoms in total. The van der Waals surface area contributed by atoms with E-state index in [9.17, 15) is 4.79 Å². The molecule has 4 heteroatoms. The minimum atomic E-state index is 0.496. The van der Waals surface area contributed by atoms with E-state index in [0.29, 0.717) is 22.2 Å². The van der Waals surface area contributed by atoms with Crippen LogP contribution in [0.1, 0.15) is 10.5 Å². The highest BCUT2D eigenvalue weighted by Crippen LogP contribution is 2.36. The smallest absolute Gasteiger partial charge is 0.166 e. The molecule has 0 aliphatic rings. The summed E-state index contributed by atoms with van der Waals surface area (Å²) in [5.41, 5.74) is 1.31. The summed E-state index contributed by atoms with van der Waals surface area (Å²) in [4.78, 5) is 13.8. The van der Waals surface area contributed by atoms with Gasteiger partial charge in [-0.25, -0.2) is 0 Å². The fraction of sp³-hybridized carbons (Fsp3) is 0. The van der Waals surface area contributed by atoms with Gasteiger partial charge in [-0.05, 0) is 30.3 Å². The second kappa shape index (κ2) is 4.78. The number of hydrogen-bond acceptors (Lipinski definition) is 2. The Morgan fingerprint density at radius 1 is 1.11 bits per heavy atom. The zero-order valence-corrected chi connectivity index (χ0v) is 10.6. The van der Waals surface area contributed by atoms with E-state index in [1.807, 2.05) is 36.4 Å². The normalized spacial score (nSPS) is 10.6. The van der Waals surface area contributed by atoms with Crippen molar-refractivity contribution in [1.82, 2.24) is 4.98 Å². The summed E-state index contributed by atoms with van der Waals surface area (Å²) in [7, 11) is 0. The highest BCUT2D eigenvalue weighted by atomic mass is 35.5. The monoisotopic (exact) mass is 271 g/mol. The van der Waals surface area contributed by atoms with Crippen molar-refractivity contribution >= 4 is 28.8 Å². The largest absolute Gasteiger partial charge is 0.455 e. The van der Waals surface area contributed by atoms with Crippen molar-refractivity contribution in [3.05, 3.63) is 59.2 Å². The molecule has 3 aromatic rings. The number of rotatable bonds is 3. The lowest BCUT2D eigenvalue weighted by atomic mass is 10.2. The molecule has 0 aliphatic carbocycles. The van der Waals surface area contributed by atoms with Crippen LogP contribution < -0.4 is 4.74 Å². The number of aldehydes is 1. The lowest BCUT2D eigenvalue weighted by Crippen LogP contribution is -1.85. The van der Waals surface area contributed by atoms with E-state index >= 15 is 0 Å². The zero-order chi connectivity index (χ0) is 13.2. The summed E-state index contributed by atoms with van der Waals surface area (Å²) in [5.74, 6) is 1.25. The number of benzene rings is 2. The molecule has 19 heavy (non-hydrogen) atoms. The van der Waals surface area contributed by atoms with Gasteiger partial charge >= 0.3 is 0 Å². The molecule has 0 spiro atoms. The molecule has 2 aromatic carbocycles. The highest BCUT2D eigenvalue weighted by Gasteiger charge is 2.11. The van der Waals surface area contributed by atoms with Gasteiger partial charge in [-0.3, -0.25) is 4.79 Å². The standard InChI is InChI=1S/C15H10ClNO2/c16-13-6-7-14-12(8-10(9-18)17-14)15(13)19-11-4-2-1-3-5-11/h1-9,17H. The maximum Gasteiger partial charge on any atom is 0.166 e. The molecule has 1 heterocycles. The van der Waals surface area contributed by atoms with E-state index in [4.69, 9.17) is 16.3 Å². The van der Waals surface area contributed by atoms with Gasteiger partial charge in [0.1, 0.15) is 5.75 Å². The van der Waals surface area contributed by atoms with Gasteiger partial charge in [-0.1, -0.05) is 29.8 Å². The van der Waals surface area contributed by atoms with Crippen molar-refractivity contribution in [1.29, 1.82) is 0 Å². The number of fused-ring (bicyclic) bond motifs is 1. The van der Waals surface area contributed by atoms with Crippen LogP contribution in [0.3, 0.4) is 0 Å². The first kappa shape index (κ1) is 11.8. The van der Waals surface area contributed by atoms with Gasteiger partial charge in [0.15, 0.2) is 12.0 Å². The van der Waals surface area contributed by atoms with E-state index in [0.717, 1.165) is 17.2 Å². The van der Waals surface area contributed by atoms with Gasteiger partial charge in [0.2, 0.25) is 0 Å². The lowest BCUT2D eigenvalue weighted by molar-refractivity contribution is 0.112. The maximum atomic E-state index is 10.8. The molecule has 0 unspecified atom stereocenters. The van der Waals surface area contributed by atoms with Crippen LogP contribution >= 0.6 is 11.6 Å². The first-order valence-electron chi connectivity index (χ1n) is 5.77. The van der Waals surface area contributed by atoms with Gasteiger partial charge in [-0.15, -0.1) is 0 Å². The minimum Gasteiger partial charge on any atom is -0.455 e. The quantitative estimate of drug-likeness (QED) is 0.716. The van der Waals surface area contributed by atoms with Gasteiger partial charge < -0.3 is 9.72 Å². The third kappa shape index (κ3) is 2.20. The number of aromatic nitrogens is 1. The highest BCUT2D eigenvalue weighted by molar-refractivity contribution is 6.33. The van der Waals surface area contributed by atoms with Crippen molar-refractivity contribution in [2.24, 2.45) is 0 Å². The van der Waals surface area contributed by atoms with E-state index in [-0.39, 0.29) is 0 Å². The number of aromatic amines is 1. The van der Waals surface area contributed by atoms with Crippen LogP contribution in [-0.2, 0) is 0 Å². The fourth-order valence-corrected chi connectivity index (χ4v) is 2.15. The Hall–Kier alpha value is -2.26. The molecule has 0 fully saturated rings. The van der Waals surface area contributed by atoms with E-state index in [1.165, 1.54) is 0 Å². The summed E-state index contributed by atoms with van der Waals surface area (Å²) in [6, 6.07) is 14.7. The SMILES string of the molecule is O=Cc1cc2c(Oc3ccccc3)c(Cl)ccc2[nH]1. The average Bonchev–Trinajstić information content (AvgIpc) is 2.87. The summed E-state index contributed by atoms with van der Waals surface area (Å²) in [6.45, 7) is 0. The lowest BCUT2D eigenvalue weighted by Gasteiger charge is -2.08. The molecule has 0 aliphatic heterocycles. The topological polar surface area (TPSA) is 42.1 Å². The Morgan fingerprint density at radius 3 is 2.63 bits per heavy atom. The average molecular weight is 272 g/mol. The van der Waals surface area contributed by atoms with Gasteiger partial charge in [-0.2, -0.15) is 0 Å². The van der Waals surface area contributed by atoms with Gasteiger partial charge in [0.25, 0.3) is 0 Å². The van der Waals surface area contributed by atoms with Crippen molar-refractivity contribution in [2.45, 2.75) is 0 Å². The van der Waals surface area contributed by atoms with Crippen LogP contribution in [0.25, 0.3) is 10.9 Å². The predicted octanol–water partition coefficient (Wildman–Crippen LogP) is 4.43. The van der Waals surface area contributed by atoms with Crippen molar-refractivity contribution in [3.63, 3.8) is 0 Å². The number of H-pyrrole nitrogens is 1. The summed E-state index contributed by atoms with van der Waals surface area (Å²) in [6.07, 6.45) is 0.764. The first-order valence-corrected chi connectivity index (χ1v) is 6.15. The zero-order valence-electron chi connectivity index (χ0n) is 9.89. The van der Waals surface area contributed by atoms with Crippen molar-refractivity contribution < 1.29 is 9.53 Å². The Kier molecular flexibility index (Phi) is 2.97. The number of ether oxygens (including phenoxy) is 1. The molecule has 1 aromatic heterocycles. The van der Waals surface area contributed by atoms with Gasteiger partial charge in [0, 0.05) is 10.9 Å². The number of carbonyl (C=O) groups is 1. The number of hydrogen-bond donors (Lipinski definition) is 1. The number of carbonyl (C=O) groups excluding carboxylic acids is 1. The second-order valence-electron chi connectivity index (χ2n) is 4.10. The van der Waals surface area contributed by atoms with Gasteiger partial charge in [0.05, 0.1) is 10.7 Å². The van der Waals surface area contributed by atoms with Crippen LogP contribution in [0.15, 0.2) is 48.5 Å². The minimum absolute atomic E-state index is 0.496. The van der Waals surface area contributed by atoms with Crippen molar-refractivity contribution in [3.8, 4) is 11.5 Å². The predicted molar refractivity (Wildman–Crippen MR) is 75.2 cm³/mol. The maximum absolute atomic E-state index is 10.8. The summed E-state index contributed by atoms with van der Waals surface area (Å²) < 4.78 is 5.81. The van der Waals surface area contributed by atoms with Crippen LogP contribution in [-0.4, -0.2) is 11.3 Å². The molecule has 1 N–H and O–H groups in total. The Bertz CT molecular complexity index is 734. The Balaban J connectivity index is 2.13. The Labute approximate surface area is 114 Å². The molecule has 0 bridgehead atoms. The summed E-state index contributed by atoms with van der Waals surface area (Å²) in [5, 5.41) is 1.30.